The van der Waals surface area contributed by atoms with Crippen LogP contribution in [0.25, 0.3) is 6.08 Å². The van der Waals surface area contributed by atoms with Crippen LogP contribution in [0, 0.1) is 5.92 Å². The highest BCUT2D eigenvalue weighted by molar-refractivity contribution is 6.29. The number of likely N-dealkylation sites (tertiary alicyclic amines) is 1. The zero-order chi connectivity index (χ0) is 14.5. The van der Waals surface area contributed by atoms with E-state index >= 15 is 0 Å². The van der Waals surface area contributed by atoms with Gasteiger partial charge in [-0.2, -0.15) is 0 Å². The number of piperidine rings is 1. The molecule has 5 heteroatoms. The Morgan fingerprint density at radius 1 is 1.55 bits per heavy atom. The van der Waals surface area contributed by atoms with Crippen molar-refractivity contribution in [3.8, 4) is 0 Å². The topological polar surface area (TPSA) is 53.4 Å². The first-order chi connectivity index (χ1) is 9.60. The van der Waals surface area contributed by atoms with Gasteiger partial charge in [-0.3, -0.25) is 4.79 Å². The van der Waals surface area contributed by atoms with Crippen LogP contribution in [-0.4, -0.2) is 40.1 Å². The summed E-state index contributed by atoms with van der Waals surface area (Å²) < 4.78 is 0. The van der Waals surface area contributed by atoms with Crippen LogP contribution in [0.1, 0.15) is 25.3 Å². The van der Waals surface area contributed by atoms with Gasteiger partial charge >= 0.3 is 0 Å². The first-order valence-corrected chi connectivity index (χ1v) is 7.19. The van der Waals surface area contributed by atoms with Crippen LogP contribution in [-0.2, 0) is 4.79 Å². The van der Waals surface area contributed by atoms with Crippen LogP contribution in [0.3, 0.4) is 0 Å². The van der Waals surface area contributed by atoms with E-state index in [0.29, 0.717) is 11.7 Å². The zero-order valence-corrected chi connectivity index (χ0v) is 12.3. The number of hydrogen-bond acceptors (Lipinski definition) is 3. The second kappa shape index (κ2) is 6.86. The molecular weight excluding hydrogens is 276 g/mol. The Morgan fingerprint density at radius 3 is 3.00 bits per heavy atom. The van der Waals surface area contributed by atoms with Crippen molar-refractivity contribution >= 4 is 23.6 Å². The maximum Gasteiger partial charge on any atom is 0.246 e. The zero-order valence-electron chi connectivity index (χ0n) is 11.5. The third kappa shape index (κ3) is 3.81. The fourth-order valence-corrected chi connectivity index (χ4v) is 2.50. The molecule has 1 aromatic heterocycles. The van der Waals surface area contributed by atoms with Gasteiger partial charge in [0.15, 0.2) is 0 Å². The van der Waals surface area contributed by atoms with Crippen LogP contribution in [0.2, 0.25) is 5.15 Å². The molecule has 2 rings (SSSR count). The lowest BCUT2D eigenvalue weighted by atomic mass is 9.94. The van der Waals surface area contributed by atoms with Crippen molar-refractivity contribution in [1.82, 2.24) is 9.88 Å². The Morgan fingerprint density at radius 2 is 2.35 bits per heavy atom. The summed E-state index contributed by atoms with van der Waals surface area (Å²) in [5, 5.41) is 9.67. The minimum Gasteiger partial charge on any atom is -0.396 e. The van der Waals surface area contributed by atoms with E-state index in [1.54, 1.807) is 24.4 Å². The molecular formula is C15H19ClN2O2. The van der Waals surface area contributed by atoms with Gasteiger partial charge in [-0.15, -0.1) is 0 Å². The molecule has 1 aromatic rings. The van der Waals surface area contributed by atoms with Crippen molar-refractivity contribution in [3.63, 3.8) is 0 Å². The number of carbonyl (C=O) groups is 1. The number of amides is 1. The van der Waals surface area contributed by atoms with Crippen molar-refractivity contribution in [3.05, 3.63) is 35.1 Å². The van der Waals surface area contributed by atoms with Crippen LogP contribution < -0.4 is 0 Å². The smallest absolute Gasteiger partial charge is 0.246 e. The fraction of sp³-hybridized carbons (Fsp3) is 0.467. The Kier molecular flexibility index (Phi) is 5.15. The van der Waals surface area contributed by atoms with E-state index in [9.17, 15) is 9.90 Å². The molecule has 1 N–H and O–H groups in total. The van der Waals surface area contributed by atoms with Crippen LogP contribution in [0.5, 0.6) is 0 Å². The van der Waals surface area contributed by atoms with E-state index < -0.39 is 0 Å². The highest BCUT2D eigenvalue weighted by Crippen LogP contribution is 2.22. The summed E-state index contributed by atoms with van der Waals surface area (Å²) in [7, 11) is 0. The van der Waals surface area contributed by atoms with E-state index in [0.717, 1.165) is 18.4 Å². The van der Waals surface area contributed by atoms with Gasteiger partial charge in [0.2, 0.25) is 5.91 Å². The summed E-state index contributed by atoms with van der Waals surface area (Å²) in [6.45, 7) is 2.81. The Labute approximate surface area is 124 Å². The number of aliphatic hydroxyl groups is 1. The van der Waals surface area contributed by atoms with Gasteiger partial charge in [-0.25, -0.2) is 4.98 Å². The lowest BCUT2D eigenvalue weighted by Gasteiger charge is -2.36. The number of rotatable bonds is 3. The number of carbonyl (C=O) groups excluding carboxylic acids is 1. The molecule has 2 heterocycles. The third-order valence-electron chi connectivity index (χ3n) is 3.69. The molecule has 4 nitrogen and oxygen atoms in total. The van der Waals surface area contributed by atoms with Gasteiger partial charge in [-0.05, 0) is 43.4 Å². The monoisotopic (exact) mass is 294 g/mol. The van der Waals surface area contributed by atoms with Crippen LogP contribution in [0.4, 0.5) is 0 Å². The molecule has 20 heavy (non-hydrogen) atoms. The molecule has 1 fully saturated rings. The van der Waals surface area contributed by atoms with Crippen molar-refractivity contribution < 1.29 is 9.90 Å². The molecule has 1 saturated heterocycles. The fourth-order valence-electron chi connectivity index (χ4n) is 2.39. The van der Waals surface area contributed by atoms with Gasteiger partial charge in [0.05, 0.1) is 0 Å². The lowest BCUT2D eigenvalue weighted by Crippen LogP contribution is -2.45. The molecule has 0 saturated carbocycles. The highest BCUT2D eigenvalue weighted by atomic mass is 35.5. The number of aromatic nitrogens is 1. The second-order valence-electron chi connectivity index (χ2n) is 5.21. The normalized spacial score (nSPS) is 23.2. The predicted molar refractivity (Wildman–Crippen MR) is 79.3 cm³/mol. The first-order valence-electron chi connectivity index (χ1n) is 6.81. The van der Waals surface area contributed by atoms with Crippen molar-refractivity contribution in [2.75, 3.05) is 13.2 Å². The average Bonchev–Trinajstić information content (AvgIpc) is 2.47. The summed E-state index contributed by atoms with van der Waals surface area (Å²) in [5.41, 5.74) is 0.839. The van der Waals surface area contributed by atoms with E-state index in [1.807, 2.05) is 17.9 Å². The molecule has 1 amide bonds. The molecule has 0 aromatic carbocycles. The Balaban J connectivity index is 2.01. The molecule has 0 aliphatic carbocycles. The molecule has 1 aliphatic rings. The number of halogens is 1. The summed E-state index contributed by atoms with van der Waals surface area (Å²) in [6.07, 6.45) is 6.84. The van der Waals surface area contributed by atoms with Crippen LogP contribution >= 0.6 is 11.6 Å². The molecule has 2 atom stereocenters. The van der Waals surface area contributed by atoms with E-state index in [4.69, 9.17) is 11.6 Å². The minimum atomic E-state index is -0.0226. The third-order valence-corrected chi connectivity index (χ3v) is 3.91. The van der Waals surface area contributed by atoms with E-state index in [2.05, 4.69) is 4.98 Å². The van der Waals surface area contributed by atoms with Crippen LogP contribution in [0.15, 0.2) is 24.4 Å². The Bertz CT molecular complexity index is 487. The molecule has 2 unspecified atom stereocenters. The van der Waals surface area contributed by atoms with Gasteiger partial charge in [0, 0.05) is 31.5 Å². The van der Waals surface area contributed by atoms with E-state index in [-0.39, 0.29) is 24.5 Å². The van der Waals surface area contributed by atoms with Gasteiger partial charge in [0.25, 0.3) is 0 Å². The quantitative estimate of drug-likeness (QED) is 0.688. The molecule has 0 radical (unpaired) electrons. The van der Waals surface area contributed by atoms with Crippen molar-refractivity contribution in [2.45, 2.75) is 25.8 Å². The van der Waals surface area contributed by atoms with Gasteiger partial charge in [-0.1, -0.05) is 17.7 Å². The molecule has 0 spiro atoms. The largest absolute Gasteiger partial charge is 0.396 e. The number of pyridine rings is 1. The standard InChI is InChI=1S/C15H19ClN2O2/c1-11-2-3-13(10-19)9-18(11)15(20)7-5-12-4-6-14(16)17-8-12/h4-8,11,13,19H,2-3,9-10H2,1H3/b7-5+. The maximum absolute atomic E-state index is 12.2. The first kappa shape index (κ1) is 15.0. The summed E-state index contributed by atoms with van der Waals surface area (Å²) >= 11 is 5.71. The number of nitrogens with zero attached hydrogens (tertiary/aromatic N) is 2. The Hall–Kier alpha value is -1.39. The predicted octanol–water partition coefficient (Wildman–Crippen LogP) is 2.37. The maximum atomic E-state index is 12.2. The minimum absolute atomic E-state index is 0.0226. The van der Waals surface area contributed by atoms with E-state index in [1.165, 1.54) is 0 Å². The highest BCUT2D eigenvalue weighted by Gasteiger charge is 2.27. The van der Waals surface area contributed by atoms with Crippen molar-refractivity contribution in [2.24, 2.45) is 5.92 Å². The number of aliphatic hydroxyl groups excluding tert-OH is 1. The lowest BCUT2D eigenvalue weighted by molar-refractivity contribution is -0.130. The second-order valence-corrected chi connectivity index (χ2v) is 5.60. The summed E-state index contributed by atoms with van der Waals surface area (Å²) in [4.78, 5) is 18.0. The van der Waals surface area contributed by atoms with Gasteiger partial charge in [0.1, 0.15) is 5.15 Å². The molecule has 0 bridgehead atoms. The SMILES string of the molecule is CC1CCC(CO)CN1C(=O)/C=C/c1ccc(Cl)nc1. The number of hydrogen-bond donors (Lipinski definition) is 1. The molecule has 108 valence electrons. The average molecular weight is 295 g/mol. The van der Waals surface area contributed by atoms with Gasteiger partial charge < -0.3 is 10.0 Å². The summed E-state index contributed by atoms with van der Waals surface area (Å²) in [6, 6.07) is 3.73. The summed E-state index contributed by atoms with van der Waals surface area (Å²) in [5.74, 6) is 0.173. The molecule has 1 aliphatic heterocycles. The van der Waals surface area contributed by atoms with Crippen molar-refractivity contribution in [1.29, 1.82) is 0 Å².